The van der Waals surface area contributed by atoms with Gasteiger partial charge in [0.2, 0.25) is 0 Å². The quantitative estimate of drug-likeness (QED) is 0.914. The first-order valence-corrected chi connectivity index (χ1v) is 5.70. The van der Waals surface area contributed by atoms with Crippen LogP contribution < -0.4 is 10.1 Å². The van der Waals surface area contributed by atoms with Crippen molar-refractivity contribution >= 4 is 23.1 Å². The maximum atomic E-state index is 13.6. The molecule has 1 aromatic carbocycles. The van der Waals surface area contributed by atoms with Crippen molar-refractivity contribution in [2.24, 2.45) is 0 Å². The summed E-state index contributed by atoms with van der Waals surface area (Å²) in [6.07, 6.45) is 1.38. The molecule has 0 aliphatic carbocycles. The molecule has 0 saturated heterocycles. The van der Waals surface area contributed by atoms with Gasteiger partial charge in [-0.3, -0.25) is 0 Å². The number of aromatic nitrogens is 1. The maximum Gasteiger partial charge on any atom is 0.167 e. The van der Waals surface area contributed by atoms with Crippen LogP contribution in [0.4, 0.5) is 15.9 Å². The molecule has 0 bridgehead atoms. The van der Waals surface area contributed by atoms with Crippen molar-refractivity contribution in [2.45, 2.75) is 6.92 Å². The summed E-state index contributed by atoms with van der Waals surface area (Å²) in [6, 6.07) is 6.79. The van der Waals surface area contributed by atoms with Crippen molar-refractivity contribution in [1.29, 1.82) is 0 Å². The van der Waals surface area contributed by atoms with Crippen LogP contribution in [0, 0.1) is 12.7 Å². The minimum atomic E-state index is -0.508. The van der Waals surface area contributed by atoms with Crippen molar-refractivity contribution in [3.05, 3.63) is 46.9 Å². The van der Waals surface area contributed by atoms with E-state index < -0.39 is 5.82 Å². The fourth-order valence-electron chi connectivity index (χ4n) is 1.55. The number of ether oxygens (including phenoxy) is 1. The van der Waals surface area contributed by atoms with E-state index in [2.05, 4.69) is 10.3 Å². The number of hydrogen-bond donors (Lipinski definition) is 1. The van der Waals surface area contributed by atoms with Crippen LogP contribution in [0.3, 0.4) is 0 Å². The van der Waals surface area contributed by atoms with Gasteiger partial charge in [-0.1, -0.05) is 17.7 Å². The number of methoxy groups -OCH3 is 1. The van der Waals surface area contributed by atoms with Crippen LogP contribution in [0.15, 0.2) is 30.5 Å². The molecule has 0 amide bonds. The number of benzene rings is 1. The first-order valence-electron chi connectivity index (χ1n) is 5.33. The molecule has 1 heterocycles. The molecular formula is C13H12ClFN2O. The van der Waals surface area contributed by atoms with Crippen molar-refractivity contribution in [2.75, 3.05) is 12.4 Å². The molecule has 0 saturated carbocycles. The largest absolute Gasteiger partial charge is 0.495 e. The average Bonchev–Trinajstić information content (AvgIpc) is 2.33. The van der Waals surface area contributed by atoms with Crippen molar-refractivity contribution in [3.8, 4) is 5.75 Å². The molecule has 2 aromatic rings. The van der Waals surface area contributed by atoms with Crippen LogP contribution in [0.5, 0.6) is 5.75 Å². The fourth-order valence-corrected chi connectivity index (χ4v) is 1.70. The van der Waals surface area contributed by atoms with Crippen LogP contribution in [0.2, 0.25) is 5.02 Å². The van der Waals surface area contributed by atoms with Crippen molar-refractivity contribution in [1.82, 2.24) is 4.98 Å². The predicted molar refractivity (Wildman–Crippen MR) is 70.2 cm³/mol. The zero-order valence-electron chi connectivity index (χ0n) is 10.00. The van der Waals surface area contributed by atoms with Crippen molar-refractivity contribution in [3.63, 3.8) is 0 Å². The number of nitrogens with one attached hydrogen (secondary N) is 1. The van der Waals surface area contributed by atoms with Gasteiger partial charge in [0, 0.05) is 6.20 Å². The number of hydrogen-bond acceptors (Lipinski definition) is 3. The van der Waals surface area contributed by atoms with E-state index in [0.29, 0.717) is 11.4 Å². The fraction of sp³-hybridized carbons (Fsp3) is 0.154. The summed E-state index contributed by atoms with van der Waals surface area (Å²) in [5.41, 5.74) is 1.69. The van der Waals surface area contributed by atoms with Crippen LogP contribution in [-0.2, 0) is 0 Å². The van der Waals surface area contributed by atoms with Gasteiger partial charge in [0.05, 0.1) is 17.8 Å². The SMILES string of the molecule is COc1ccc(C)cc1Nc1ncc(Cl)cc1F. The topological polar surface area (TPSA) is 34.1 Å². The van der Waals surface area contributed by atoms with Gasteiger partial charge >= 0.3 is 0 Å². The highest BCUT2D eigenvalue weighted by Gasteiger charge is 2.08. The summed E-state index contributed by atoms with van der Waals surface area (Å²) in [5.74, 6) is 0.228. The zero-order chi connectivity index (χ0) is 13.1. The summed E-state index contributed by atoms with van der Waals surface area (Å²) in [7, 11) is 1.56. The van der Waals surface area contributed by atoms with Crippen LogP contribution in [-0.4, -0.2) is 12.1 Å². The third-order valence-electron chi connectivity index (χ3n) is 2.42. The molecule has 3 nitrogen and oxygen atoms in total. The Bertz CT molecular complexity index is 575. The van der Waals surface area contributed by atoms with Gasteiger partial charge in [0.15, 0.2) is 11.6 Å². The number of rotatable bonds is 3. The van der Waals surface area contributed by atoms with Gasteiger partial charge in [0.25, 0.3) is 0 Å². The molecule has 0 unspecified atom stereocenters. The Hall–Kier alpha value is -1.81. The molecule has 2 rings (SSSR count). The monoisotopic (exact) mass is 266 g/mol. The summed E-state index contributed by atoms with van der Waals surface area (Å²) < 4.78 is 18.8. The van der Waals surface area contributed by atoms with Gasteiger partial charge in [-0.05, 0) is 30.7 Å². The smallest absolute Gasteiger partial charge is 0.167 e. The minimum Gasteiger partial charge on any atom is -0.495 e. The zero-order valence-corrected chi connectivity index (χ0v) is 10.8. The standard InChI is InChI=1S/C13H12ClFN2O/c1-8-3-4-12(18-2)11(5-8)17-13-10(15)6-9(14)7-16-13/h3-7H,1-2H3,(H,16,17). The molecule has 18 heavy (non-hydrogen) atoms. The molecule has 0 fully saturated rings. The Morgan fingerprint density at radius 3 is 2.78 bits per heavy atom. The molecule has 0 aliphatic heterocycles. The summed E-state index contributed by atoms with van der Waals surface area (Å²) in [5, 5.41) is 3.15. The number of pyridine rings is 1. The van der Waals surface area contributed by atoms with Crippen LogP contribution in [0.25, 0.3) is 0 Å². The van der Waals surface area contributed by atoms with Gasteiger partial charge in [-0.25, -0.2) is 9.37 Å². The lowest BCUT2D eigenvalue weighted by molar-refractivity contribution is 0.416. The highest BCUT2D eigenvalue weighted by atomic mass is 35.5. The Kier molecular flexibility index (Phi) is 3.67. The lowest BCUT2D eigenvalue weighted by Gasteiger charge is -2.11. The highest BCUT2D eigenvalue weighted by molar-refractivity contribution is 6.30. The van der Waals surface area contributed by atoms with Crippen LogP contribution >= 0.6 is 11.6 Å². The number of halogens is 2. The molecule has 0 spiro atoms. The number of nitrogens with zero attached hydrogens (tertiary/aromatic N) is 1. The van der Waals surface area contributed by atoms with E-state index in [1.165, 1.54) is 12.3 Å². The first-order chi connectivity index (χ1) is 8.60. The third kappa shape index (κ3) is 2.71. The normalized spacial score (nSPS) is 10.2. The first kappa shape index (κ1) is 12.6. The molecule has 0 aliphatic rings. The van der Waals surface area contributed by atoms with Gasteiger partial charge < -0.3 is 10.1 Å². The van der Waals surface area contributed by atoms with E-state index >= 15 is 0 Å². The van der Waals surface area contributed by atoms with Gasteiger partial charge in [0.1, 0.15) is 5.75 Å². The van der Waals surface area contributed by atoms with E-state index in [0.717, 1.165) is 5.56 Å². The average molecular weight is 267 g/mol. The molecule has 0 radical (unpaired) electrons. The predicted octanol–water partition coefficient (Wildman–Crippen LogP) is 3.93. The summed E-state index contributed by atoms with van der Waals surface area (Å²) in [4.78, 5) is 3.90. The number of aryl methyl sites for hydroxylation is 1. The Balaban J connectivity index is 2.36. The highest BCUT2D eigenvalue weighted by Crippen LogP contribution is 2.29. The number of anilines is 2. The third-order valence-corrected chi connectivity index (χ3v) is 2.62. The Morgan fingerprint density at radius 2 is 2.11 bits per heavy atom. The molecular weight excluding hydrogens is 255 g/mol. The van der Waals surface area contributed by atoms with Gasteiger partial charge in [-0.2, -0.15) is 0 Å². The molecule has 1 aromatic heterocycles. The lowest BCUT2D eigenvalue weighted by atomic mass is 10.2. The lowest BCUT2D eigenvalue weighted by Crippen LogP contribution is -1.99. The van der Waals surface area contributed by atoms with E-state index in [9.17, 15) is 4.39 Å². The second-order valence-electron chi connectivity index (χ2n) is 3.81. The Morgan fingerprint density at radius 1 is 1.33 bits per heavy atom. The second kappa shape index (κ2) is 5.23. The van der Waals surface area contributed by atoms with E-state index in [-0.39, 0.29) is 10.8 Å². The van der Waals surface area contributed by atoms with E-state index in [1.54, 1.807) is 7.11 Å². The van der Waals surface area contributed by atoms with E-state index in [4.69, 9.17) is 16.3 Å². The molecule has 94 valence electrons. The minimum absolute atomic E-state index is 0.114. The second-order valence-corrected chi connectivity index (χ2v) is 4.25. The van der Waals surface area contributed by atoms with E-state index in [1.807, 2.05) is 25.1 Å². The van der Waals surface area contributed by atoms with Crippen LogP contribution in [0.1, 0.15) is 5.56 Å². The summed E-state index contributed by atoms with van der Waals surface area (Å²) >= 11 is 5.65. The molecule has 5 heteroatoms. The molecule has 0 atom stereocenters. The Labute approximate surface area is 110 Å². The summed E-state index contributed by atoms with van der Waals surface area (Å²) in [6.45, 7) is 1.94. The molecule has 1 N–H and O–H groups in total. The van der Waals surface area contributed by atoms with Crippen molar-refractivity contribution < 1.29 is 9.13 Å². The van der Waals surface area contributed by atoms with Gasteiger partial charge in [-0.15, -0.1) is 0 Å². The maximum absolute atomic E-state index is 13.6.